The Morgan fingerprint density at radius 1 is 0.537 bits per heavy atom. The molecule has 1 rings (SSSR count). The van der Waals surface area contributed by atoms with Gasteiger partial charge in [0.2, 0.25) is 0 Å². The van der Waals surface area contributed by atoms with Crippen LogP contribution in [0.4, 0.5) is 0 Å². The van der Waals surface area contributed by atoms with E-state index in [1.807, 2.05) is 0 Å². The van der Waals surface area contributed by atoms with E-state index < -0.39 is 0 Å². The number of ether oxygens (including phenoxy) is 2. The molecule has 0 radical (unpaired) electrons. The molecule has 0 saturated heterocycles. The molecule has 1 aliphatic rings. The van der Waals surface area contributed by atoms with Crippen LogP contribution >= 0.6 is 0 Å². The van der Waals surface area contributed by atoms with Crippen LogP contribution in [-0.4, -0.2) is 85.4 Å². The van der Waals surface area contributed by atoms with Crippen molar-refractivity contribution >= 4 is 11.9 Å². The lowest BCUT2D eigenvalue weighted by molar-refractivity contribution is -0.150. The standard InChI is InChI=1S/C47H92N2O5/c1-5-9-13-16-18-19-21-24-33-46(51)53-41-44(30-25-26-35-49(45-31-27-32-45)37-36-48(38-39-50)34-12-8-4)42-54-47(52)40-43(28-22-15-11-7-3)29-23-20-17-14-10-6-2/h43-45,50H,5-42H2,1-4H3. The summed E-state index contributed by atoms with van der Waals surface area (Å²) in [6, 6.07) is 0.687. The molecule has 0 aromatic carbocycles. The fourth-order valence-electron chi connectivity index (χ4n) is 7.93. The first kappa shape index (κ1) is 50.8. The molecule has 0 bridgehead atoms. The highest BCUT2D eigenvalue weighted by Crippen LogP contribution is 2.26. The number of esters is 2. The van der Waals surface area contributed by atoms with E-state index in [-0.39, 0.29) is 24.5 Å². The first-order valence-electron chi connectivity index (χ1n) is 23.9. The van der Waals surface area contributed by atoms with Crippen LogP contribution in [0.5, 0.6) is 0 Å². The van der Waals surface area contributed by atoms with Crippen LogP contribution in [0.3, 0.4) is 0 Å². The van der Waals surface area contributed by atoms with Crippen molar-refractivity contribution in [2.75, 3.05) is 52.5 Å². The third kappa shape index (κ3) is 29.1. The first-order valence-corrected chi connectivity index (χ1v) is 23.9. The van der Waals surface area contributed by atoms with Gasteiger partial charge in [0.25, 0.3) is 0 Å². The lowest BCUT2D eigenvalue weighted by atomic mass is 9.91. The van der Waals surface area contributed by atoms with Crippen LogP contribution in [0.25, 0.3) is 0 Å². The summed E-state index contributed by atoms with van der Waals surface area (Å²) >= 11 is 0. The number of hydrogen-bond acceptors (Lipinski definition) is 7. The summed E-state index contributed by atoms with van der Waals surface area (Å²) < 4.78 is 11.8. The average Bonchev–Trinajstić information content (AvgIpc) is 3.14. The maximum atomic E-state index is 13.3. The van der Waals surface area contributed by atoms with Gasteiger partial charge in [-0.1, -0.05) is 156 Å². The van der Waals surface area contributed by atoms with Crippen LogP contribution in [-0.2, 0) is 19.1 Å². The number of carbonyl (C=O) groups excluding carboxylic acids is 2. The molecule has 7 nitrogen and oxygen atoms in total. The Morgan fingerprint density at radius 3 is 1.59 bits per heavy atom. The highest BCUT2D eigenvalue weighted by Gasteiger charge is 2.25. The minimum atomic E-state index is -0.102. The molecule has 0 aromatic rings. The smallest absolute Gasteiger partial charge is 0.306 e. The third-order valence-corrected chi connectivity index (χ3v) is 11.9. The van der Waals surface area contributed by atoms with Crippen molar-refractivity contribution in [3.05, 3.63) is 0 Å². The van der Waals surface area contributed by atoms with Gasteiger partial charge in [0.1, 0.15) is 0 Å². The Kier molecular flexibility index (Phi) is 35.2. The predicted octanol–water partition coefficient (Wildman–Crippen LogP) is 12.1. The Bertz CT molecular complexity index is 837. The van der Waals surface area contributed by atoms with Gasteiger partial charge in [-0.15, -0.1) is 0 Å². The number of aliphatic hydroxyl groups excluding tert-OH is 1. The second-order valence-corrected chi connectivity index (χ2v) is 17.0. The van der Waals surface area contributed by atoms with E-state index in [1.54, 1.807) is 0 Å². The van der Waals surface area contributed by atoms with Crippen molar-refractivity contribution in [3.63, 3.8) is 0 Å². The van der Waals surface area contributed by atoms with Crippen LogP contribution in [0, 0.1) is 11.8 Å². The van der Waals surface area contributed by atoms with E-state index in [0.717, 1.165) is 77.7 Å². The maximum Gasteiger partial charge on any atom is 0.306 e. The summed E-state index contributed by atoms with van der Waals surface area (Å²) in [7, 11) is 0. The SMILES string of the molecule is CCCCCCCCCCC(=O)OCC(CCCCN(CCN(CCO)CCCC)C1CCC1)COC(=O)CC(CCCCCC)CCCCCCCC. The highest BCUT2D eigenvalue weighted by molar-refractivity contribution is 5.70. The third-order valence-electron chi connectivity index (χ3n) is 11.9. The van der Waals surface area contributed by atoms with Crippen molar-refractivity contribution in [1.82, 2.24) is 9.80 Å². The Labute approximate surface area is 335 Å². The predicted molar refractivity (Wildman–Crippen MR) is 229 cm³/mol. The molecule has 1 saturated carbocycles. The lowest BCUT2D eigenvalue weighted by Crippen LogP contribution is -2.45. The number of aliphatic hydroxyl groups is 1. The molecule has 0 heterocycles. The van der Waals surface area contributed by atoms with Crippen LogP contribution in [0.1, 0.15) is 220 Å². The fraction of sp³-hybridized carbons (Fsp3) is 0.957. The number of hydrogen-bond donors (Lipinski definition) is 1. The van der Waals surface area contributed by atoms with E-state index in [1.165, 1.54) is 135 Å². The van der Waals surface area contributed by atoms with Crippen LogP contribution < -0.4 is 0 Å². The van der Waals surface area contributed by atoms with Gasteiger partial charge in [-0.3, -0.25) is 19.4 Å². The summed E-state index contributed by atoms with van der Waals surface area (Å²) in [6.45, 7) is 14.9. The van der Waals surface area contributed by atoms with Crippen molar-refractivity contribution < 1.29 is 24.2 Å². The molecule has 1 aliphatic carbocycles. The number of nitrogens with zero attached hydrogens (tertiary/aromatic N) is 2. The molecule has 320 valence electrons. The van der Waals surface area contributed by atoms with E-state index in [0.29, 0.717) is 38.0 Å². The quantitative estimate of drug-likeness (QED) is 0.0490. The molecule has 1 N–H and O–H groups in total. The van der Waals surface area contributed by atoms with Gasteiger partial charge in [-0.05, 0) is 70.4 Å². The number of unbranched alkanes of at least 4 members (excludes halogenated alkanes) is 17. The Hall–Kier alpha value is -1.18. The normalized spacial score (nSPS) is 14.4. The van der Waals surface area contributed by atoms with Gasteiger partial charge < -0.3 is 14.6 Å². The van der Waals surface area contributed by atoms with Gasteiger partial charge in [0.15, 0.2) is 0 Å². The van der Waals surface area contributed by atoms with Gasteiger partial charge in [0.05, 0.1) is 19.8 Å². The largest absolute Gasteiger partial charge is 0.465 e. The number of carbonyl (C=O) groups is 2. The van der Waals surface area contributed by atoms with Crippen molar-refractivity contribution in [2.45, 2.75) is 226 Å². The van der Waals surface area contributed by atoms with Gasteiger partial charge >= 0.3 is 11.9 Å². The van der Waals surface area contributed by atoms with Gasteiger partial charge in [0, 0.05) is 44.4 Å². The molecular weight excluding hydrogens is 673 g/mol. The molecule has 1 fully saturated rings. The monoisotopic (exact) mass is 765 g/mol. The summed E-state index contributed by atoms with van der Waals surface area (Å²) in [5.41, 5.74) is 0. The van der Waals surface area contributed by atoms with Crippen molar-refractivity contribution in [2.24, 2.45) is 11.8 Å². The zero-order valence-electron chi connectivity index (χ0n) is 36.6. The van der Waals surface area contributed by atoms with E-state index in [4.69, 9.17) is 9.47 Å². The van der Waals surface area contributed by atoms with E-state index >= 15 is 0 Å². The summed E-state index contributed by atoms with van der Waals surface area (Å²) in [5.74, 6) is 0.291. The van der Waals surface area contributed by atoms with Crippen LogP contribution in [0.15, 0.2) is 0 Å². The Balaban J connectivity index is 2.69. The molecular formula is C47H92N2O5. The molecule has 0 aliphatic heterocycles. The van der Waals surface area contributed by atoms with E-state index in [9.17, 15) is 14.7 Å². The molecule has 0 aromatic heterocycles. The zero-order chi connectivity index (χ0) is 39.3. The van der Waals surface area contributed by atoms with Crippen molar-refractivity contribution in [1.29, 1.82) is 0 Å². The van der Waals surface area contributed by atoms with E-state index in [2.05, 4.69) is 37.5 Å². The van der Waals surface area contributed by atoms with Gasteiger partial charge in [-0.25, -0.2) is 0 Å². The first-order chi connectivity index (χ1) is 26.5. The van der Waals surface area contributed by atoms with Crippen molar-refractivity contribution in [3.8, 4) is 0 Å². The summed E-state index contributed by atoms with van der Waals surface area (Å²) in [4.78, 5) is 31.1. The molecule has 0 spiro atoms. The Morgan fingerprint density at radius 2 is 1.04 bits per heavy atom. The van der Waals surface area contributed by atoms with Crippen LogP contribution in [0.2, 0.25) is 0 Å². The topological polar surface area (TPSA) is 79.3 Å². The second-order valence-electron chi connectivity index (χ2n) is 17.0. The zero-order valence-corrected chi connectivity index (χ0v) is 36.6. The van der Waals surface area contributed by atoms with Gasteiger partial charge in [-0.2, -0.15) is 0 Å². The molecule has 54 heavy (non-hydrogen) atoms. The fourth-order valence-corrected chi connectivity index (χ4v) is 7.93. The summed E-state index contributed by atoms with van der Waals surface area (Å²) in [6.07, 6.45) is 34.9. The maximum absolute atomic E-state index is 13.3. The molecule has 2 atom stereocenters. The highest BCUT2D eigenvalue weighted by atomic mass is 16.5. The lowest BCUT2D eigenvalue weighted by Gasteiger charge is -2.39. The minimum absolute atomic E-state index is 0.0456. The molecule has 2 unspecified atom stereocenters. The second kappa shape index (κ2) is 37.4. The summed E-state index contributed by atoms with van der Waals surface area (Å²) in [5, 5.41) is 9.59. The molecule has 0 amide bonds. The number of rotatable bonds is 41. The average molecular weight is 765 g/mol. The molecule has 7 heteroatoms. The minimum Gasteiger partial charge on any atom is -0.465 e.